The molecule has 0 radical (unpaired) electrons. The molecule has 4 nitrogen and oxygen atoms in total. The van der Waals surface area contributed by atoms with Crippen LogP contribution in [0.3, 0.4) is 0 Å². The topological polar surface area (TPSA) is 77.8 Å². The van der Waals surface area contributed by atoms with Gasteiger partial charge < -0.3 is 15.3 Å². The molecular formula is C10H10O4. The summed E-state index contributed by atoms with van der Waals surface area (Å²) in [6.07, 6.45) is 2.66. The maximum absolute atomic E-state index is 10.1. The molecule has 0 atom stereocenters. The van der Waals surface area contributed by atoms with Gasteiger partial charge in [-0.05, 0) is 24.6 Å². The second-order valence-corrected chi connectivity index (χ2v) is 2.76. The molecule has 0 aliphatic rings. The average molecular weight is 194 g/mol. The van der Waals surface area contributed by atoms with Crippen LogP contribution in [0.5, 0.6) is 11.5 Å². The number of carbonyl (C=O) groups is 1. The fourth-order valence-electron chi connectivity index (χ4n) is 1.02. The lowest BCUT2D eigenvalue weighted by Gasteiger charge is -2.01. The summed E-state index contributed by atoms with van der Waals surface area (Å²) in [4.78, 5) is 10.1. The van der Waals surface area contributed by atoms with Gasteiger partial charge in [-0.15, -0.1) is 0 Å². The van der Waals surface area contributed by atoms with Crippen molar-refractivity contribution >= 4 is 5.97 Å². The van der Waals surface area contributed by atoms with Crippen molar-refractivity contribution < 1.29 is 20.1 Å². The molecule has 0 saturated heterocycles. The van der Waals surface area contributed by atoms with Crippen molar-refractivity contribution in [3.8, 4) is 11.5 Å². The fraction of sp³-hybridized carbons (Fsp3) is 0.100. The van der Waals surface area contributed by atoms with E-state index in [2.05, 4.69) is 0 Å². The van der Waals surface area contributed by atoms with Crippen molar-refractivity contribution in [1.29, 1.82) is 0 Å². The Morgan fingerprint density at radius 3 is 2.71 bits per heavy atom. The van der Waals surface area contributed by atoms with E-state index >= 15 is 0 Å². The van der Waals surface area contributed by atoms with Gasteiger partial charge in [0.1, 0.15) is 11.5 Å². The molecule has 0 heterocycles. The number of carboxylic acids is 1. The standard InChI is InChI=1S/C10H10O4/c11-8-4-5-9(12)7(6-8)2-1-3-10(13)14/h1,3-6,11-12H,2H2,(H,13,14). The number of rotatable bonds is 3. The Morgan fingerprint density at radius 1 is 1.36 bits per heavy atom. The summed E-state index contributed by atoms with van der Waals surface area (Å²) in [5.74, 6) is -0.955. The van der Waals surface area contributed by atoms with Gasteiger partial charge in [-0.1, -0.05) is 6.08 Å². The van der Waals surface area contributed by atoms with Gasteiger partial charge >= 0.3 is 5.97 Å². The van der Waals surface area contributed by atoms with E-state index in [1.54, 1.807) is 0 Å². The Morgan fingerprint density at radius 2 is 2.07 bits per heavy atom. The Balaban J connectivity index is 2.76. The molecule has 1 aromatic carbocycles. The van der Waals surface area contributed by atoms with E-state index in [1.165, 1.54) is 24.3 Å². The van der Waals surface area contributed by atoms with Gasteiger partial charge in [0.15, 0.2) is 0 Å². The number of aliphatic carboxylic acids is 1. The molecule has 74 valence electrons. The number of hydrogen-bond donors (Lipinski definition) is 3. The van der Waals surface area contributed by atoms with Crippen LogP contribution in [0.2, 0.25) is 0 Å². The maximum atomic E-state index is 10.1. The summed E-state index contributed by atoms with van der Waals surface area (Å²) in [5, 5.41) is 26.7. The summed E-state index contributed by atoms with van der Waals surface area (Å²) in [6, 6.07) is 4.11. The van der Waals surface area contributed by atoms with Crippen LogP contribution in [0.1, 0.15) is 5.56 Å². The van der Waals surface area contributed by atoms with Gasteiger partial charge in [-0.25, -0.2) is 4.79 Å². The highest BCUT2D eigenvalue weighted by molar-refractivity contribution is 5.79. The molecule has 1 rings (SSSR count). The van der Waals surface area contributed by atoms with Crippen molar-refractivity contribution in [2.75, 3.05) is 0 Å². The maximum Gasteiger partial charge on any atom is 0.327 e. The third-order valence-corrected chi connectivity index (χ3v) is 1.66. The molecule has 0 aromatic heterocycles. The molecule has 3 N–H and O–H groups in total. The normalized spacial score (nSPS) is 10.6. The van der Waals surface area contributed by atoms with Gasteiger partial charge in [-0.2, -0.15) is 0 Å². The van der Waals surface area contributed by atoms with Gasteiger partial charge in [0.05, 0.1) is 0 Å². The summed E-state index contributed by atoms with van der Waals surface area (Å²) < 4.78 is 0. The minimum atomic E-state index is -1.04. The first-order valence-electron chi connectivity index (χ1n) is 4.00. The molecule has 0 saturated carbocycles. The monoisotopic (exact) mass is 194 g/mol. The predicted molar refractivity (Wildman–Crippen MR) is 50.3 cm³/mol. The van der Waals surface area contributed by atoms with Crippen molar-refractivity contribution in [3.05, 3.63) is 35.9 Å². The fourth-order valence-corrected chi connectivity index (χ4v) is 1.02. The number of aromatic hydroxyl groups is 2. The minimum absolute atomic E-state index is 0.0397. The van der Waals surface area contributed by atoms with Gasteiger partial charge in [0.2, 0.25) is 0 Å². The number of phenols is 2. The number of allylic oxidation sites excluding steroid dienone is 1. The van der Waals surface area contributed by atoms with Crippen LogP contribution in [0.25, 0.3) is 0 Å². The Kier molecular flexibility index (Phi) is 3.12. The third kappa shape index (κ3) is 2.82. The van der Waals surface area contributed by atoms with Crippen LogP contribution in [0.4, 0.5) is 0 Å². The zero-order chi connectivity index (χ0) is 10.6. The highest BCUT2D eigenvalue weighted by atomic mass is 16.4. The Bertz CT molecular complexity index is 368. The molecule has 0 fully saturated rings. The zero-order valence-corrected chi connectivity index (χ0v) is 7.34. The lowest BCUT2D eigenvalue weighted by atomic mass is 10.1. The van der Waals surface area contributed by atoms with E-state index in [0.717, 1.165) is 6.08 Å². The molecule has 0 bridgehead atoms. The first-order chi connectivity index (χ1) is 6.59. The lowest BCUT2D eigenvalue weighted by molar-refractivity contribution is -0.131. The molecule has 0 aliphatic heterocycles. The van der Waals surface area contributed by atoms with Gasteiger partial charge in [-0.3, -0.25) is 0 Å². The first-order valence-corrected chi connectivity index (χ1v) is 4.00. The summed E-state index contributed by atoms with van der Waals surface area (Å²) >= 11 is 0. The average Bonchev–Trinajstić information content (AvgIpc) is 2.10. The van der Waals surface area contributed by atoms with Crippen LogP contribution in [0.15, 0.2) is 30.4 Å². The van der Waals surface area contributed by atoms with Crippen molar-refractivity contribution in [3.63, 3.8) is 0 Å². The quantitative estimate of drug-likeness (QED) is 0.500. The smallest absolute Gasteiger partial charge is 0.327 e. The number of carboxylic acid groups (broad SMARTS) is 1. The molecule has 14 heavy (non-hydrogen) atoms. The molecule has 0 spiro atoms. The van der Waals surface area contributed by atoms with E-state index in [0.29, 0.717) is 5.56 Å². The Labute approximate surface area is 80.7 Å². The van der Waals surface area contributed by atoms with Crippen molar-refractivity contribution in [2.45, 2.75) is 6.42 Å². The van der Waals surface area contributed by atoms with Gasteiger partial charge in [0.25, 0.3) is 0 Å². The molecular weight excluding hydrogens is 184 g/mol. The van der Waals surface area contributed by atoms with E-state index in [4.69, 9.17) is 10.2 Å². The van der Waals surface area contributed by atoms with Crippen molar-refractivity contribution in [1.82, 2.24) is 0 Å². The highest BCUT2D eigenvalue weighted by Crippen LogP contribution is 2.22. The molecule has 1 aromatic rings. The second-order valence-electron chi connectivity index (χ2n) is 2.76. The van der Waals surface area contributed by atoms with E-state index < -0.39 is 5.97 Å². The summed E-state index contributed by atoms with van der Waals surface area (Å²) in [5.41, 5.74) is 0.488. The van der Waals surface area contributed by atoms with E-state index in [-0.39, 0.29) is 17.9 Å². The van der Waals surface area contributed by atoms with Crippen LogP contribution >= 0.6 is 0 Å². The first kappa shape index (κ1) is 10.1. The predicted octanol–water partition coefficient (Wildman–Crippen LogP) is 1.28. The number of benzene rings is 1. The van der Waals surface area contributed by atoms with Gasteiger partial charge in [0, 0.05) is 11.6 Å². The highest BCUT2D eigenvalue weighted by Gasteiger charge is 2.00. The molecule has 0 amide bonds. The summed E-state index contributed by atoms with van der Waals surface area (Å²) in [6.45, 7) is 0. The second kappa shape index (κ2) is 4.32. The lowest BCUT2D eigenvalue weighted by Crippen LogP contribution is -1.88. The summed E-state index contributed by atoms with van der Waals surface area (Å²) in [7, 11) is 0. The van der Waals surface area contributed by atoms with Crippen LogP contribution in [-0.4, -0.2) is 21.3 Å². The zero-order valence-electron chi connectivity index (χ0n) is 7.34. The van der Waals surface area contributed by atoms with E-state index in [9.17, 15) is 9.90 Å². The molecule has 4 heteroatoms. The minimum Gasteiger partial charge on any atom is -0.508 e. The number of phenolic OH excluding ortho intramolecular Hbond substituents is 2. The SMILES string of the molecule is O=C(O)C=CCc1cc(O)ccc1O. The van der Waals surface area contributed by atoms with Crippen LogP contribution in [0, 0.1) is 0 Å². The molecule has 0 aliphatic carbocycles. The third-order valence-electron chi connectivity index (χ3n) is 1.66. The van der Waals surface area contributed by atoms with Crippen LogP contribution < -0.4 is 0 Å². The largest absolute Gasteiger partial charge is 0.508 e. The van der Waals surface area contributed by atoms with Crippen LogP contribution in [-0.2, 0) is 11.2 Å². The Hall–Kier alpha value is -1.97. The number of hydrogen-bond acceptors (Lipinski definition) is 3. The molecule has 0 unspecified atom stereocenters. The van der Waals surface area contributed by atoms with Crippen molar-refractivity contribution in [2.24, 2.45) is 0 Å². The van der Waals surface area contributed by atoms with E-state index in [1.807, 2.05) is 0 Å².